The summed E-state index contributed by atoms with van der Waals surface area (Å²) in [5, 5.41) is 0. The van der Waals surface area contributed by atoms with Crippen LogP contribution in [0.5, 0.6) is 0 Å². The molecule has 0 aliphatic rings. The van der Waals surface area contributed by atoms with Gasteiger partial charge in [-0.3, -0.25) is 4.79 Å². The molecule has 0 aromatic heterocycles. The third-order valence-electron chi connectivity index (χ3n) is 4.48. The van der Waals surface area contributed by atoms with E-state index < -0.39 is 8.80 Å². The fourth-order valence-electron chi connectivity index (χ4n) is 2.58. The maximum atomic E-state index is 11.8. The zero-order valence-corrected chi connectivity index (χ0v) is 19.5. The Morgan fingerprint density at radius 2 is 1.62 bits per heavy atom. The number of carbonyl (C=O) groups is 1. The van der Waals surface area contributed by atoms with E-state index in [1.165, 1.54) is 19.3 Å². The van der Waals surface area contributed by atoms with E-state index in [0.717, 1.165) is 41.5 Å². The molecule has 0 saturated carbocycles. The first kappa shape index (κ1) is 25.9. The third-order valence-corrected chi connectivity index (χ3v) is 8.38. The maximum absolute atomic E-state index is 11.8. The molecule has 8 heteroatoms. The van der Waals surface area contributed by atoms with Crippen molar-refractivity contribution in [1.82, 2.24) is 0 Å². The Hall–Kier alpha value is -0.123. The Labute approximate surface area is 165 Å². The molecule has 0 rings (SSSR count). The molecule has 0 aliphatic heterocycles. The summed E-state index contributed by atoms with van der Waals surface area (Å²) in [5.74, 6) is 1.65. The topological polar surface area (TPSA) is 54.0 Å². The predicted octanol–water partition coefficient (Wildman–Crippen LogP) is 3.19. The van der Waals surface area contributed by atoms with Gasteiger partial charge in [-0.2, -0.15) is 11.8 Å². The number of nitrogens with zero attached hydrogens (tertiary/aromatic N) is 1. The van der Waals surface area contributed by atoms with Gasteiger partial charge in [0.1, 0.15) is 13.2 Å². The fraction of sp³-hybridized carbons (Fsp3) is 0.944. The van der Waals surface area contributed by atoms with Crippen LogP contribution in [0.25, 0.3) is 0 Å². The molecule has 26 heavy (non-hydrogen) atoms. The molecule has 0 aliphatic carbocycles. The Balaban J connectivity index is 3.72. The van der Waals surface area contributed by atoms with Gasteiger partial charge in [0.15, 0.2) is 0 Å². The minimum Gasteiger partial charge on any atom is -0.460 e. The Morgan fingerprint density at radius 1 is 0.962 bits per heavy atom. The van der Waals surface area contributed by atoms with E-state index >= 15 is 0 Å². The number of ether oxygens (including phenoxy) is 1. The first-order valence-corrected chi connectivity index (χ1v) is 12.6. The zero-order chi connectivity index (χ0) is 19.9. The van der Waals surface area contributed by atoms with Gasteiger partial charge in [-0.25, -0.2) is 0 Å². The Bertz CT molecular complexity index is 359. The fourth-order valence-corrected chi connectivity index (χ4v) is 5.43. The third kappa shape index (κ3) is 12.3. The van der Waals surface area contributed by atoms with Gasteiger partial charge in [0.25, 0.3) is 0 Å². The van der Waals surface area contributed by atoms with Crippen molar-refractivity contribution in [2.45, 2.75) is 45.1 Å². The SMILES string of the molecule is CCCCC[N+](C)(C)CCOC(=O)CCSCCC[Si](OC)(OC)OC. The van der Waals surface area contributed by atoms with Crippen LogP contribution < -0.4 is 0 Å². The highest BCUT2D eigenvalue weighted by molar-refractivity contribution is 7.99. The van der Waals surface area contributed by atoms with Crippen LogP contribution in [-0.4, -0.2) is 85.9 Å². The molecule has 0 atom stereocenters. The average Bonchev–Trinajstić information content (AvgIpc) is 2.62. The summed E-state index contributed by atoms with van der Waals surface area (Å²) in [5.41, 5.74) is 0. The minimum atomic E-state index is -2.45. The lowest BCUT2D eigenvalue weighted by Gasteiger charge is -2.29. The molecule has 0 aromatic rings. The largest absolute Gasteiger partial charge is 0.500 e. The number of thioether (sulfide) groups is 1. The van der Waals surface area contributed by atoms with Crippen molar-refractivity contribution in [3.63, 3.8) is 0 Å². The van der Waals surface area contributed by atoms with Crippen LogP contribution in [0.4, 0.5) is 0 Å². The summed E-state index contributed by atoms with van der Waals surface area (Å²) in [6.07, 6.45) is 5.15. The van der Waals surface area contributed by atoms with Crippen molar-refractivity contribution in [1.29, 1.82) is 0 Å². The number of likely N-dealkylation sites (N-methyl/N-ethyl adjacent to an activating group) is 1. The van der Waals surface area contributed by atoms with E-state index in [9.17, 15) is 4.79 Å². The van der Waals surface area contributed by atoms with Gasteiger partial charge >= 0.3 is 14.8 Å². The van der Waals surface area contributed by atoms with E-state index in [1.807, 2.05) is 0 Å². The van der Waals surface area contributed by atoms with Crippen molar-refractivity contribution < 1.29 is 27.3 Å². The van der Waals surface area contributed by atoms with Crippen molar-refractivity contribution in [3.05, 3.63) is 0 Å². The smallest absolute Gasteiger partial charge is 0.460 e. The summed E-state index contributed by atoms with van der Waals surface area (Å²) in [7, 11) is 6.83. The average molecular weight is 411 g/mol. The van der Waals surface area contributed by atoms with Gasteiger partial charge < -0.3 is 22.5 Å². The molecular weight excluding hydrogens is 370 g/mol. The number of quaternary nitrogens is 1. The van der Waals surface area contributed by atoms with Gasteiger partial charge in [0.2, 0.25) is 0 Å². The second-order valence-corrected chi connectivity index (χ2v) is 11.4. The molecule has 6 nitrogen and oxygen atoms in total. The molecule has 156 valence electrons. The Kier molecular flexibility index (Phi) is 14.8. The normalized spacial score (nSPS) is 12.4. The van der Waals surface area contributed by atoms with Crippen LogP contribution in [-0.2, 0) is 22.8 Å². The van der Waals surface area contributed by atoms with Crippen LogP contribution >= 0.6 is 11.8 Å². The number of esters is 1. The molecule has 0 radical (unpaired) electrons. The van der Waals surface area contributed by atoms with E-state index in [2.05, 4.69) is 21.0 Å². The van der Waals surface area contributed by atoms with Crippen molar-refractivity contribution in [2.24, 2.45) is 0 Å². The highest BCUT2D eigenvalue weighted by Crippen LogP contribution is 2.17. The molecule has 0 heterocycles. The minimum absolute atomic E-state index is 0.0968. The summed E-state index contributed by atoms with van der Waals surface area (Å²) >= 11 is 1.76. The molecule has 0 fully saturated rings. The zero-order valence-electron chi connectivity index (χ0n) is 17.7. The van der Waals surface area contributed by atoms with E-state index in [0.29, 0.717) is 13.0 Å². The second-order valence-electron chi connectivity index (χ2n) is 7.07. The first-order valence-electron chi connectivity index (χ1n) is 9.55. The van der Waals surface area contributed by atoms with Crippen molar-refractivity contribution in [2.75, 3.05) is 66.6 Å². The van der Waals surface area contributed by atoms with Crippen LogP contribution in [0, 0.1) is 0 Å². The predicted molar refractivity (Wildman–Crippen MR) is 110 cm³/mol. The standard InChI is InChI=1S/C18H40NO5SSi/c1-7-8-9-12-19(2,3)13-14-24-18(20)11-16-25-15-10-17-26(21-4,22-5)23-6/h7-17H2,1-6H3/q+1. The van der Waals surface area contributed by atoms with E-state index in [1.54, 1.807) is 33.1 Å². The van der Waals surface area contributed by atoms with E-state index in [-0.39, 0.29) is 5.97 Å². The lowest BCUT2D eigenvalue weighted by atomic mass is 10.2. The lowest BCUT2D eigenvalue weighted by Crippen LogP contribution is -2.43. The Morgan fingerprint density at radius 3 is 2.19 bits per heavy atom. The highest BCUT2D eigenvalue weighted by Gasteiger charge is 2.36. The molecule has 0 bridgehead atoms. The monoisotopic (exact) mass is 410 g/mol. The highest BCUT2D eigenvalue weighted by atomic mass is 32.2. The molecular formula is C18H40NO5SSi+. The number of hydrogen-bond donors (Lipinski definition) is 0. The van der Waals surface area contributed by atoms with Gasteiger partial charge in [0.05, 0.1) is 27.1 Å². The molecule has 0 aromatic carbocycles. The lowest BCUT2D eigenvalue weighted by molar-refractivity contribution is -0.890. The van der Waals surface area contributed by atoms with Gasteiger partial charge in [-0.05, 0) is 25.0 Å². The number of carbonyl (C=O) groups excluding carboxylic acids is 1. The number of rotatable bonds is 17. The quantitative estimate of drug-likeness (QED) is 0.159. The number of unbranched alkanes of at least 4 members (excludes halogenated alkanes) is 2. The van der Waals surface area contributed by atoms with Crippen LogP contribution in [0.2, 0.25) is 6.04 Å². The van der Waals surface area contributed by atoms with E-state index in [4.69, 9.17) is 18.0 Å². The van der Waals surface area contributed by atoms with Crippen LogP contribution in [0.1, 0.15) is 39.0 Å². The summed E-state index contributed by atoms with van der Waals surface area (Å²) < 4.78 is 22.5. The maximum Gasteiger partial charge on any atom is 0.500 e. The molecule has 0 N–H and O–H groups in total. The van der Waals surface area contributed by atoms with Gasteiger partial charge in [-0.15, -0.1) is 0 Å². The van der Waals surface area contributed by atoms with Crippen LogP contribution in [0.3, 0.4) is 0 Å². The van der Waals surface area contributed by atoms with Crippen molar-refractivity contribution in [3.8, 4) is 0 Å². The molecule has 0 amide bonds. The summed E-state index contributed by atoms with van der Waals surface area (Å²) in [4.78, 5) is 11.8. The molecule has 0 unspecified atom stereocenters. The first-order chi connectivity index (χ1) is 12.3. The second kappa shape index (κ2) is 14.9. The van der Waals surface area contributed by atoms with Crippen molar-refractivity contribution >= 4 is 26.5 Å². The molecule has 0 saturated heterocycles. The summed E-state index contributed by atoms with van der Waals surface area (Å²) in [6.45, 7) is 4.73. The summed E-state index contributed by atoms with van der Waals surface area (Å²) in [6, 6.07) is 0.791. The number of hydrogen-bond acceptors (Lipinski definition) is 6. The van der Waals surface area contributed by atoms with Crippen LogP contribution in [0.15, 0.2) is 0 Å². The van der Waals surface area contributed by atoms with Gasteiger partial charge in [-0.1, -0.05) is 13.3 Å². The molecule has 0 spiro atoms. The van der Waals surface area contributed by atoms with Gasteiger partial charge in [0, 0.05) is 33.1 Å².